The largest absolute Gasteiger partial charge is 0.364 e. The lowest BCUT2D eigenvalue weighted by Crippen LogP contribution is -2.37. The highest BCUT2D eigenvalue weighted by Gasteiger charge is 2.26. The van der Waals surface area contributed by atoms with Gasteiger partial charge in [0.05, 0.1) is 18.4 Å². The second kappa shape index (κ2) is 6.28. The van der Waals surface area contributed by atoms with Crippen molar-refractivity contribution in [2.24, 2.45) is 0 Å². The van der Waals surface area contributed by atoms with E-state index in [0.717, 1.165) is 37.2 Å². The maximum absolute atomic E-state index is 12.2. The van der Waals surface area contributed by atoms with Crippen molar-refractivity contribution in [2.75, 3.05) is 6.54 Å². The van der Waals surface area contributed by atoms with Crippen molar-refractivity contribution >= 4 is 0 Å². The molecule has 3 heterocycles. The predicted octanol–water partition coefficient (Wildman–Crippen LogP) is 2.19. The molecular formula is C17H24N4O2. The zero-order valence-corrected chi connectivity index (χ0v) is 14.0. The van der Waals surface area contributed by atoms with Gasteiger partial charge in [0.1, 0.15) is 6.26 Å². The highest BCUT2D eigenvalue weighted by Crippen LogP contribution is 2.22. The van der Waals surface area contributed by atoms with E-state index in [-0.39, 0.29) is 11.0 Å². The number of aromatic nitrogens is 3. The molecule has 6 heteroatoms. The molecule has 0 spiro atoms. The van der Waals surface area contributed by atoms with Crippen LogP contribution in [0.15, 0.2) is 33.9 Å². The third-order valence-corrected chi connectivity index (χ3v) is 4.39. The van der Waals surface area contributed by atoms with Gasteiger partial charge in [0.25, 0.3) is 5.56 Å². The number of nitrogens with zero attached hydrogens (tertiary/aromatic N) is 4. The second-order valence-electron chi connectivity index (χ2n) is 7.29. The van der Waals surface area contributed by atoms with Crippen molar-refractivity contribution in [2.45, 2.75) is 58.2 Å². The minimum atomic E-state index is -0.0622. The SMILES string of the molecule is CC(C)(C)c1ccc(=O)n(CC2CCCN2Cc2cnoc2)n1. The summed E-state index contributed by atoms with van der Waals surface area (Å²) in [5.74, 6) is 0. The molecule has 0 N–H and O–H groups in total. The first kappa shape index (κ1) is 15.9. The number of rotatable bonds is 4. The van der Waals surface area contributed by atoms with Gasteiger partial charge in [-0.25, -0.2) is 4.68 Å². The molecule has 1 atom stereocenters. The van der Waals surface area contributed by atoms with E-state index < -0.39 is 0 Å². The molecule has 0 saturated carbocycles. The van der Waals surface area contributed by atoms with Gasteiger partial charge in [0, 0.05) is 29.6 Å². The van der Waals surface area contributed by atoms with Crippen LogP contribution in [0.3, 0.4) is 0 Å². The van der Waals surface area contributed by atoms with Crippen LogP contribution in [0.4, 0.5) is 0 Å². The minimum Gasteiger partial charge on any atom is -0.364 e. The molecule has 0 amide bonds. The van der Waals surface area contributed by atoms with Crippen LogP contribution in [0.25, 0.3) is 0 Å². The molecule has 1 aliphatic heterocycles. The van der Waals surface area contributed by atoms with Crippen LogP contribution in [-0.2, 0) is 18.5 Å². The molecule has 1 aliphatic rings. The molecule has 0 bridgehead atoms. The molecule has 2 aromatic rings. The minimum absolute atomic E-state index is 0.0326. The van der Waals surface area contributed by atoms with Gasteiger partial charge in [-0.15, -0.1) is 0 Å². The Morgan fingerprint density at radius 1 is 1.35 bits per heavy atom. The normalized spacial score (nSPS) is 19.3. The lowest BCUT2D eigenvalue weighted by Gasteiger charge is -2.25. The Morgan fingerprint density at radius 2 is 2.17 bits per heavy atom. The molecule has 1 unspecified atom stereocenters. The molecule has 2 aromatic heterocycles. The van der Waals surface area contributed by atoms with Crippen molar-refractivity contribution in [3.63, 3.8) is 0 Å². The van der Waals surface area contributed by atoms with Crippen LogP contribution in [0.2, 0.25) is 0 Å². The van der Waals surface area contributed by atoms with Gasteiger partial charge in [-0.1, -0.05) is 25.9 Å². The highest BCUT2D eigenvalue weighted by atomic mass is 16.5. The molecule has 6 nitrogen and oxygen atoms in total. The van der Waals surface area contributed by atoms with Crippen molar-refractivity contribution in [1.82, 2.24) is 19.8 Å². The van der Waals surface area contributed by atoms with Gasteiger partial charge in [-0.2, -0.15) is 5.10 Å². The summed E-state index contributed by atoms with van der Waals surface area (Å²) in [5.41, 5.74) is 1.92. The van der Waals surface area contributed by atoms with E-state index in [9.17, 15) is 4.79 Å². The summed E-state index contributed by atoms with van der Waals surface area (Å²) in [4.78, 5) is 14.5. The Labute approximate surface area is 136 Å². The molecule has 0 aromatic carbocycles. The zero-order valence-electron chi connectivity index (χ0n) is 14.0. The van der Waals surface area contributed by atoms with Gasteiger partial charge < -0.3 is 4.52 Å². The molecule has 3 rings (SSSR count). The molecule has 0 aliphatic carbocycles. The monoisotopic (exact) mass is 316 g/mol. The van der Waals surface area contributed by atoms with E-state index in [2.05, 4.69) is 35.9 Å². The van der Waals surface area contributed by atoms with Gasteiger partial charge in [0.2, 0.25) is 0 Å². The van der Waals surface area contributed by atoms with Crippen LogP contribution in [0, 0.1) is 0 Å². The fourth-order valence-corrected chi connectivity index (χ4v) is 3.03. The molecule has 124 valence electrons. The third-order valence-electron chi connectivity index (χ3n) is 4.39. The van der Waals surface area contributed by atoms with E-state index in [0.29, 0.717) is 12.6 Å². The van der Waals surface area contributed by atoms with Gasteiger partial charge in [-0.05, 0) is 25.5 Å². The Kier molecular flexibility index (Phi) is 4.35. The average molecular weight is 316 g/mol. The third kappa shape index (κ3) is 3.69. The van der Waals surface area contributed by atoms with E-state index in [1.165, 1.54) is 0 Å². The first-order valence-corrected chi connectivity index (χ1v) is 8.14. The number of likely N-dealkylation sites (tertiary alicyclic amines) is 1. The fraction of sp³-hybridized carbons (Fsp3) is 0.588. The summed E-state index contributed by atoms with van der Waals surface area (Å²) in [6.07, 6.45) is 5.66. The lowest BCUT2D eigenvalue weighted by atomic mass is 9.92. The van der Waals surface area contributed by atoms with Gasteiger partial charge in [-0.3, -0.25) is 9.69 Å². The molecule has 0 radical (unpaired) electrons. The van der Waals surface area contributed by atoms with E-state index in [4.69, 9.17) is 4.52 Å². The maximum Gasteiger partial charge on any atom is 0.266 e. The first-order chi connectivity index (χ1) is 10.9. The Hall–Kier alpha value is -1.95. The predicted molar refractivity (Wildman–Crippen MR) is 87.1 cm³/mol. The van der Waals surface area contributed by atoms with E-state index >= 15 is 0 Å². The summed E-state index contributed by atoms with van der Waals surface area (Å²) in [6, 6.07) is 3.79. The van der Waals surface area contributed by atoms with Crippen molar-refractivity contribution in [3.8, 4) is 0 Å². The summed E-state index contributed by atoms with van der Waals surface area (Å²) >= 11 is 0. The van der Waals surface area contributed by atoms with Gasteiger partial charge >= 0.3 is 0 Å². The highest BCUT2D eigenvalue weighted by molar-refractivity contribution is 5.11. The number of hydrogen-bond donors (Lipinski definition) is 0. The maximum atomic E-state index is 12.2. The van der Waals surface area contributed by atoms with Crippen LogP contribution in [0.1, 0.15) is 44.9 Å². The average Bonchev–Trinajstić information content (AvgIpc) is 3.13. The fourth-order valence-electron chi connectivity index (χ4n) is 3.03. The first-order valence-electron chi connectivity index (χ1n) is 8.14. The van der Waals surface area contributed by atoms with Crippen LogP contribution in [-0.4, -0.2) is 32.4 Å². The standard InChI is InChI=1S/C17H24N4O2/c1-17(2,3)15-6-7-16(22)21(19-15)11-14-5-4-8-20(14)10-13-9-18-23-12-13/h6-7,9,12,14H,4-5,8,10-11H2,1-3H3. The molecule has 1 saturated heterocycles. The van der Waals surface area contributed by atoms with Crippen LogP contribution in [0.5, 0.6) is 0 Å². The van der Waals surface area contributed by atoms with E-state index in [1.54, 1.807) is 23.2 Å². The number of hydrogen-bond acceptors (Lipinski definition) is 5. The topological polar surface area (TPSA) is 64.2 Å². The Morgan fingerprint density at radius 3 is 2.87 bits per heavy atom. The molecule has 1 fully saturated rings. The second-order valence-corrected chi connectivity index (χ2v) is 7.29. The zero-order chi connectivity index (χ0) is 16.4. The lowest BCUT2D eigenvalue weighted by molar-refractivity contribution is 0.215. The van der Waals surface area contributed by atoms with Crippen molar-refractivity contribution < 1.29 is 4.52 Å². The van der Waals surface area contributed by atoms with Gasteiger partial charge in [0.15, 0.2) is 0 Å². The van der Waals surface area contributed by atoms with Crippen molar-refractivity contribution in [1.29, 1.82) is 0 Å². The summed E-state index contributed by atoms with van der Waals surface area (Å²) in [7, 11) is 0. The molecule has 23 heavy (non-hydrogen) atoms. The van der Waals surface area contributed by atoms with Crippen LogP contribution < -0.4 is 5.56 Å². The van der Waals surface area contributed by atoms with Crippen LogP contribution >= 0.6 is 0 Å². The summed E-state index contributed by atoms with van der Waals surface area (Å²) in [5, 5.41) is 8.34. The van der Waals surface area contributed by atoms with Crippen molar-refractivity contribution in [3.05, 3.63) is 46.2 Å². The summed E-state index contributed by atoms with van der Waals surface area (Å²) < 4.78 is 6.53. The smallest absolute Gasteiger partial charge is 0.266 e. The summed E-state index contributed by atoms with van der Waals surface area (Å²) in [6.45, 7) is 8.80. The Bertz CT molecular complexity index is 700. The Balaban J connectivity index is 1.76. The van der Waals surface area contributed by atoms with E-state index in [1.807, 2.05) is 6.07 Å². The quantitative estimate of drug-likeness (QED) is 0.865. The molecular weight excluding hydrogens is 292 g/mol.